The van der Waals surface area contributed by atoms with Crippen LogP contribution in [0.1, 0.15) is 49.8 Å². The predicted molar refractivity (Wildman–Crippen MR) is 86.4 cm³/mol. The van der Waals surface area contributed by atoms with E-state index in [0.29, 0.717) is 18.8 Å². The minimum Gasteiger partial charge on any atom is -0.453 e. The van der Waals surface area contributed by atoms with Crippen LogP contribution in [0.25, 0.3) is 0 Å². The maximum Gasteiger partial charge on any atom is 0.409 e. The normalized spacial score (nSPS) is 16.3. The Kier molecular flexibility index (Phi) is 4.97. The number of hydrogen-bond acceptors (Lipinski definition) is 4. The molecule has 1 aliphatic rings. The van der Waals surface area contributed by atoms with Crippen LogP contribution in [0.15, 0.2) is 6.07 Å². The summed E-state index contributed by atoms with van der Waals surface area (Å²) in [5, 5.41) is 7.47. The van der Waals surface area contributed by atoms with Gasteiger partial charge in [0.25, 0.3) is 5.91 Å². The Labute approximate surface area is 137 Å². The van der Waals surface area contributed by atoms with Crippen LogP contribution in [0, 0.1) is 0 Å². The van der Waals surface area contributed by atoms with E-state index in [2.05, 4.69) is 31.2 Å². The molecule has 128 valence electrons. The van der Waals surface area contributed by atoms with Gasteiger partial charge >= 0.3 is 6.09 Å². The number of piperidine rings is 1. The number of hydrogen-bond donors (Lipinski definition) is 1. The molecule has 2 rings (SSSR count). The molecule has 1 aliphatic heterocycles. The van der Waals surface area contributed by atoms with Gasteiger partial charge in [0.1, 0.15) is 5.69 Å². The largest absolute Gasteiger partial charge is 0.453 e. The molecule has 1 N–H and O–H groups in total. The average Bonchev–Trinajstić information content (AvgIpc) is 2.89. The molecule has 0 aromatic carbocycles. The second-order valence-corrected chi connectivity index (χ2v) is 6.99. The van der Waals surface area contributed by atoms with E-state index >= 15 is 0 Å². The number of methoxy groups -OCH3 is 1. The fraction of sp³-hybridized carbons (Fsp3) is 0.688. The van der Waals surface area contributed by atoms with E-state index in [1.807, 2.05) is 6.07 Å². The van der Waals surface area contributed by atoms with Gasteiger partial charge in [-0.1, -0.05) is 20.8 Å². The molecule has 0 atom stereocenters. The molecular formula is C16H26N4O3. The summed E-state index contributed by atoms with van der Waals surface area (Å²) >= 11 is 0. The van der Waals surface area contributed by atoms with Crippen molar-refractivity contribution < 1.29 is 14.3 Å². The fourth-order valence-electron chi connectivity index (χ4n) is 2.64. The Hall–Kier alpha value is -2.05. The number of rotatable bonds is 2. The zero-order valence-electron chi connectivity index (χ0n) is 14.5. The molecule has 0 unspecified atom stereocenters. The standard InChI is InChI=1S/C16H26N4O3/c1-16(2,3)13-10-12(19(4)18-13)14(21)17-11-6-8-20(9-7-11)15(22)23-5/h10-11H,6-9H2,1-5H3,(H,17,21). The first kappa shape index (κ1) is 17.3. The lowest BCUT2D eigenvalue weighted by Gasteiger charge is -2.31. The van der Waals surface area contributed by atoms with Gasteiger partial charge in [0, 0.05) is 31.6 Å². The number of aromatic nitrogens is 2. The summed E-state index contributed by atoms with van der Waals surface area (Å²) in [5.41, 5.74) is 1.36. The molecule has 23 heavy (non-hydrogen) atoms. The maximum atomic E-state index is 12.5. The van der Waals surface area contributed by atoms with Crippen molar-refractivity contribution in [2.24, 2.45) is 7.05 Å². The molecule has 0 saturated carbocycles. The molecule has 7 heteroatoms. The molecule has 2 heterocycles. The van der Waals surface area contributed by atoms with Gasteiger partial charge in [-0.05, 0) is 18.9 Å². The topological polar surface area (TPSA) is 76.5 Å². The Morgan fingerprint density at radius 3 is 2.39 bits per heavy atom. The van der Waals surface area contributed by atoms with Crippen molar-refractivity contribution in [3.8, 4) is 0 Å². The first-order valence-corrected chi connectivity index (χ1v) is 7.90. The number of carbonyl (C=O) groups is 2. The Morgan fingerprint density at radius 2 is 1.91 bits per heavy atom. The van der Waals surface area contributed by atoms with E-state index in [0.717, 1.165) is 18.5 Å². The van der Waals surface area contributed by atoms with Crippen LogP contribution >= 0.6 is 0 Å². The maximum absolute atomic E-state index is 12.5. The number of carbonyl (C=O) groups excluding carboxylic acids is 2. The second-order valence-electron chi connectivity index (χ2n) is 6.99. The summed E-state index contributed by atoms with van der Waals surface area (Å²) in [6.45, 7) is 7.39. The monoisotopic (exact) mass is 322 g/mol. The van der Waals surface area contributed by atoms with E-state index in [-0.39, 0.29) is 23.5 Å². The van der Waals surface area contributed by atoms with Crippen molar-refractivity contribution >= 4 is 12.0 Å². The molecule has 0 aliphatic carbocycles. The minimum atomic E-state index is -0.309. The SMILES string of the molecule is COC(=O)N1CCC(NC(=O)c2cc(C(C)(C)C)nn2C)CC1. The van der Waals surface area contributed by atoms with Crippen molar-refractivity contribution in [2.75, 3.05) is 20.2 Å². The Balaban J connectivity index is 1.96. The van der Waals surface area contributed by atoms with Crippen LogP contribution in [-0.2, 0) is 17.2 Å². The van der Waals surface area contributed by atoms with Crippen LogP contribution in [0.2, 0.25) is 0 Å². The summed E-state index contributed by atoms with van der Waals surface area (Å²) in [6.07, 6.45) is 1.14. The van der Waals surface area contributed by atoms with Gasteiger partial charge in [-0.25, -0.2) is 4.79 Å². The van der Waals surface area contributed by atoms with Crippen LogP contribution in [0.3, 0.4) is 0 Å². The van der Waals surface area contributed by atoms with E-state index < -0.39 is 0 Å². The van der Waals surface area contributed by atoms with E-state index in [4.69, 9.17) is 4.74 Å². The Bertz CT molecular complexity index is 581. The third-order valence-electron chi connectivity index (χ3n) is 4.14. The third-order valence-corrected chi connectivity index (χ3v) is 4.14. The highest BCUT2D eigenvalue weighted by Gasteiger charge is 2.26. The highest BCUT2D eigenvalue weighted by Crippen LogP contribution is 2.21. The molecule has 7 nitrogen and oxygen atoms in total. The molecular weight excluding hydrogens is 296 g/mol. The average molecular weight is 322 g/mol. The van der Waals surface area contributed by atoms with Gasteiger partial charge < -0.3 is 15.0 Å². The van der Waals surface area contributed by atoms with Crippen molar-refractivity contribution in [1.29, 1.82) is 0 Å². The smallest absolute Gasteiger partial charge is 0.409 e. The van der Waals surface area contributed by atoms with Crippen molar-refractivity contribution in [3.05, 3.63) is 17.5 Å². The zero-order chi connectivity index (χ0) is 17.2. The Morgan fingerprint density at radius 1 is 1.30 bits per heavy atom. The number of nitrogens with one attached hydrogen (secondary N) is 1. The third kappa shape index (κ3) is 4.03. The fourth-order valence-corrected chi connectivity index (χ4v) is 2.64. The number of likely N-dealkylation sites (tertiary alicyclic amines) is 1. The number of ether oxygens (including phenoxy) is 1. The van der Waals surface area contributed by atoms with Gasteiger partial charge in [-0.2, -0.15) is 5.10 Å². The van der Waals surface area contributed by atoms with Crippen LogP contribution in [0.4, 0.5) is 4.79 Å². The minimum absolute atomic E-state index is 0.0661. The van der Waals surface area contributed by atoms with Gasteiger partial charge in [0.15, 0.2) is 0 Å². The predicted octanol–water partition coefficient (Wildman–Crippen LogP) is 1.68. The van der Waals surface area contributed by atoms with Gasteiger partial charge in [0.2, 0.25) is 0 Å². The van der Waals surface area contributed by atoms with E-state index in [1.165, 1.54) is 7.11 Å². The molecule has 0 spiro atoms. The van der Waals surface area contributed by atoms with Gasteiger partial charge in [-0.3, -0.25) is 9.48 Å². The molecule has 1 saturated heterocycles. The van der Waals surface area contributed by atoms with Gasteiger partial charge in [-0.15, -0.1) is 0 Å². The van der Waals surface area contributed by atoms with Crippen molar-refractivity contribution in [3.63, 3.8) is 0 Å². The lowest BCUT2D eigenvalue weighted by molar-refractivity contribution is 0.0884. The van der Waals surface area contributed by atoms with Gasteiger partial charge in [0.05, 0.1) is 12.8 Å². The number of amides is 2. The molecule has 0 bridgehead atoms. The molecule has 1 aromatic rings. The van der Waals surface area contributed by atoms with Crippen LogP contribution in [0.5, 0.6) is 0 Å². The lowest BCUT2D eigenvalue weighted by Crippen LogP contribution is -2.46. The highest BCUT2D eigenvalue weighted by molar-refractivity contribution is 5.93. The molecule has 2 amide bonds. The van der Waals surface area contributed by atoms with Crippen LogP contribution < -0.4 is 5.32 Å². The van der Waals surface area contributed by atoms with Crippen LogP contribution in [-0.4, -0.2) is 52.9 Å². The number of nitrogens with zero attached hydrogens (tertiary/aromatic N) is 3. The first-order chi connectivity index (χ1) is 10.7. The van der Waals surface area contributed by atoms with Crippen molar-refractivity contribution in [1.82, 2.24) is 20.0 Å². The molecule has 1 fully saturated rings. The van der Waals surface area contributed by atoms with E-state index in [1.54, 1.807) is 16.6 Å². The quantitative estimate of drug-likeness (QED) is 0.899. The summed E-state index contributed by atoms with van der Waals surface area (Å²) < 4.78 is 6.34. The highest BCUT2D eigenvalue weighted by atomic mass is 16.5. The number of aryl methyl sites for hydroxylation is 1. The summed E-state index contributed by atoms with van der Waals surface area (Å²) in [6, 6.07) is 1.91. The summed E-state index contributed by atoms with van der Waals surface area (Å²) in [7, 11) is 3.16. The first-order valence-electron chi connectivity index (χ1n) is 7.90. The summed E-state index contributed by atoms with van der Waals surface area (Å²) in [4.78, 5) is 25.6. The van der Waals surface area contributed by atoms with Crippen molar-refractivity contribution in [2.45, 2.75) is 45.1 Å². The molecule has 1 aromatic heterocycles. The molecule has 0 radical (unpaired) electrons. The second kappa shape index (κ2) is 6.60. The lowest BCUT2D eigenvalue weighted by atomic mass is 9.92. The zero-order valence-corrected chi connectivity index (χ0v) is 14.5. The summed E-state index contributed by atoms with van der Waals surface area (Å²) in [5.74, 6) is -0.119. The van der Waals surface area contributed by atoms with E-state index in [9.17, 15) is 9.59 Å².